The Morgan fingerprint density at radius 3 is 2.54 bits per heavy atom. The number of hydrogen-bond acceptors (Lipinski definition) is 6. The quantitative estimate of drug-likeness (QED) is 0.724. The molecule has 0 N–H and O–H groups in total. The molecule has 0 bridgehead atoms. The van der Waals surface area contributed by atoms with Crippen LogP contribution < -0.4 is 0 Å². The molecule has 2 saturated heterocycles. The fraction of sp³-hybridized carbons (Fsp3) is 0.625. The van der Waals surface area contributed by atoms with Gasteiger partial charge in [0.1, 0.15) is 0 Å². The zero-order valence-electron chi connectivity index (χ0n) is 14.1. The summed E-state index contributed by atoms with van der Waals surface area (Å²) in [5, 5.41) is 0. The van der Waals surface area contributed by atoms with Gasteiger partial charge in [0.25, 0.3) is 0 Å². The molecule has 2 aliphatic rings. The van der Waals surface area contributed by atoms with Gasteiger partial charge < -0.3 is 4.90 Å². The zero-order valence-corrected chi connectivity index (χ0v) is 14.9. The highest BCUT2D eigenvalue weighted by Gasteiger charge is 2.46. The van der Waals surface area contributed by atoms with E-state index in [0.29, 0.717) is 13.1 Å². The smallest absolute Gasteiger partial charge is 0.236 e. The minimum absolute atomic E-state index is 0.0127. The number of rotatable bonds is 4. The Balaban J connectivity index is 1.76. The summed E-state index contributed by atoms with van der Waals surface area (Å²) in [6, 6.07) is 3.74. The fourth-order valence-electron chi connectivity index (χ4n) is 3.53. The number of carbonyl (C=O) groups is 1. The number of hydrogen-bond donors (Lipinski definition) is 0. The van der Waals surface area contributed by atoms with Crippen LogP contribution >= 0.6 is 0 Å². The van der Waals surface area contributed by atoms with Gasteiger partial charge in [0, 0.05) is 58.2 Å². The average Bonchev–Trinajstić information content (AvgIpc) is 2.86. The molecule has 1 aromatic rings. The second kappa shape index (κ2) is 6.78. The minimum atomic E-state index is -3.07. The van der Waals surface area contributed by atoms with Crippen LogP contribution in [0.25, 0.3) is 0 Å². The summed E-state index contributed by atoms with van der Waals surface area (Å²) < 4.78 is 24.4. The predicted octanol–water partition coefficient (Wildman–Crippen LogP) is -0.547. The lowest BCUT2D eigenvalue weighted by Crippen LogP contribution is -2.60. The highest BCUT2D eigenvalue weighted by atomic mass is 32.2. The van der Waals surface area contributed by atoms with Crippen molar-refractivity contribution in [3.8, 4) is 0 Å². The van der Waals surface area contributed by atoms with E-state index in [0.717, 1.165) is 12.1 Å². The first-order valence-electron chi connectivity index (χ1n) is 8.13. The van der Waals surface area contributed by atoms with E-state index in [1.165, 1.54) is 0 Å². The summed E-state index contributed by atoms with van der Waals surface area (Å²) in [4.78, 5) is 22.0. The molecule has 0 spiro atoms. The highest BCUT2D eigenvalue weighted by molar-refractivity contribution is 7.91. The monoisotopic (exact) mass is 352 g/mol. The van der Waals surface area contributed by atoms with Gasteiger partial charge in [-0.25, -0.2) is 8.42 Å². The number of nitrogens with zero attached hydrogens (tertiary/aromatic N) is 4. The van der Waals surface area contributed by atoms with Crippen molar-refractivity contribution in [2.45, 2.75) is 18.6 Å². The molecular formula is C16H24N4O3S. The second-order valence-corrected chi connectivity index (χ2v) is 8.96. The van der Waals surface area contributed by atoms with Crippen LogP contribution in [0.3, 0.4) is 0 Å². The van der Waals surface area contributed by atoms with Gasteiger partial charge >= 0.3 is 0 Å². The van der Waals surface area contributed by atoms with Crippen molar-refractivity contribution in [2.75, 3.05) is 45.2 Å². The first-order chi connectivity index (χ1) is 11.4. The lowest BCUT2D eigenvalue weighted by Gasteiger charge is -2.43. The normalized spacial score (nSPS) is 26.9. The third-order valence-corrected chi connectivity index (χ3v) is 6.55. The number of amides is 1. The van der Waals surface area contributed by atoms with Gasteiger partial charge in [0.05, 0.1) is 18.1 Å². The van der Waals surface area contributed by atoms with Crippen LogP contribution in [0.5, 0.6) is 0 Å². The Kier molecular flexibility index (Phi) is 4.89. The molecule has 24 heavy (non-hydrogen) atoms. The van der Waals surface area contributed by atoms with Gasteiger partial charge in [-0.2, -0.15) is 0 Å². The first-order valence-corrected chi connectivity index (χ1v) is 9.95. The molecule has 0 aliphatic carbocycles. The Morgan fingerprint density at radius 1 is 1.25 bits per heavy atom. The minimum Gasteiger partial charge on any atom is -0.348 e. The number of piperazine rings is 1. The number of pyridine rings is 1. The Labute approximate surface area is 143 Å². The second-order valence-electron chi connectivity index (χ2n) is 6.80. The Bertz CT molecular complexity index is 693. The summed E-state index contributed by atoms with van der Waals surface area (Å²) in [7, 11) is 0.385. The molecule has 0 radical (unpaired) electrons. The summed E-state index contributed by atoms with van der Waals surface area (Å²) in [5.41, 5.74) is 1.08. The molecule has 8 heteroatoms. The average molecular weight is 352 g/mol. The Morgan fingerprint density at radius 2 is 1.92 bits per heavy atom. The molecule has 2 atom stereocenters. The number of likely N-dealkylation sites (N-methyl/N-ethyl adjacent to an activating group) is 1. The van der Waals surface area contributed by atoms with Gasteiger partial charge in [0.2, 0.25) is 5.91 Å². The molecule has 0 unspecified atom stereocenters. The number of fused-ring (bicyclic) bond motifs is 1. The summed E-state index contributed by atoms with van der Waals surface area (Å²) >= 11 is 0. The molecule has 0 saturated carbocycles. The molecule has 1 aromatic heterocycles. The molecule has 3 rings (SSSR count). The van der Waals surface area contributed by atoms with Crippen molar-refractivity contribution in [1.82, 2.24) is 19.7 Å². The van der Waals surface area contributed by atoms with Crippen LogP contribution in [0.15, 0.2) is 24.5 Å². The summed E-state index contributed by atoms with van der Waals surface area (Å²) in [6.07, 6.45) is 3.55. The molecule has 3 heterocycles. The molecular weight excluding hydrogens is 328 g/mol. The van der Waals surface area contributed by atoms with Gasteiger partial charge in [-0.1, -0.05) is 6.07 Å². The maximum Gasteiger partial charge on any atom is 0.236 e. The molecule has 2 aliphatic heterocycles. The molecule has 0 aromatic carbocycles. The van der Waals surface area contributed by atoms with Crippen LogP contribution in [0.4, 0.5) is 0 Å². The van der Waals surface area contributed by atoms with E-state index in [4.69, 9.17) is 0 Å². The maximum atomic E-state index is 12.2. The Hall–Kier alpha value is -1.51. The molecule has 1 amide bonds. The van der Waals surface area contributed by atoms with Crippen molar-refractivity contribution >= 4 is 15.7 Å². The van der Waals surface area contributed by atoms with Crippen LogP contribution in [0.1, 0.15) is 5.56 Å². The van der Waals surface area contributed by atoms with E-state index in [1.807, 2.05) is 23.2 Å². The maximum absolute atomic E-state index is 12.2. The van der Waals surface area contributed by atoms with Crippen LogP contribution in [-0.4, -0.2) is 91.3 Å². The number of carbonyl (C=O) groups excluding carboxylic acids is 1. The van der Waals surface area contributed by atoms with Crippen molar-refractivity contribution in [3.05, 3.63) is 30.1 Å². The van der Waals surface area contributed by atoms with E-state index < -0.39 is 9.84 Å². The standard InChI is InChI=1S/C16H24N4O3S/c1-18(2)16(21)10-20-7-6-19(9-13-4-3-5-17-8-13)14-11-24(22,23)12-15(14)20/h3-5,8,14-15H,6-7,9-12H2,1-2H3/t14-,15+/m0/s1. The zero-order chi connectivity index (χ0) is 17.3. The number of sulfone groups is 1. The topological polar surface area (TPSA) is 73.8 Å². The number of aromatic nitrogens is 1. The van der Waals surface area contributed by atoms with E-state index in [2.05, 4.69) is 9.88 Å². The summed E-state index contributed by atoms with van der Waals surface area (Å²) in [5.74, 6) is 0.325. The first kappa shape index (κ1) is 17.3. The van der Waals surface area contributed by atoms with Gasteiger partial charge in [-0.3, -0.25) is 19.6 Å². The van der Waals surface area contributed by atoms with Crippen LogP contribution in [0.2, 0.25) is 0 Å². The van der Waals surface area contributed by atoms with Crippen molar-refractivity contribution < 1.29 is 13.2 Å². The van der Waals surface area contributed by atoms with Crippen LogP contribution in [0, 0.1) is 0 Å². The third-order valence-electron chi connectivity index (χ3n) is 4.85. The van der Waals surface area contributed by atoms with E-state index in [-0.39, 0.29) is 36.0 Å². The lowest BCUT2D eigenvalue weighted by atomic mass is 10.0. The van der Waals surface area contributed by atoms with E-state index >= 15 is 0 Å². The fourth-order valence-corrected chi connectivity index (χ4v) is 5.57. The largest absolute Gasteiger partial charge is 0.348 e. The van der Waals surface area contributed by atoms with E-state index in [1.54, 1.807) is 25.2 Å². The SMILES string of the molecule is CN(C)C(=O)CN1CCN(Cc2cccnc2)[C@H]2CS(=O)(=O)C[C@H]21. The molecule has 132 valence electrons. The predicted molar refractivity (Wildman–Crippen MR) is 91.1 cm³/mol. The van der Waals surface area contributed by atoms with Gasteiger partial charge in [-0.05, 0) is 11.6 Å². The van der Waals surface area contributed by atoms with E-state index in [9.17, 15) is 13.2 Å². The molecule has 7 nitrogen and oxygen atoms in total. The van der Waals surface area contributed by atoms with Crippen molar-refractivity contribution in [1.29, 1.82) is 0 Å². The van der Waals surface area contributed by atoms with Gasteiger partial charge in [-0.15, -0.1) is 0 Å². The third kappa shape index (κ3) is 3.76. The highest BCUT2D eigenvalue weighted by Crippen LogP contribution is 2.28. The summed E-state index contributed by atoms with van der Waals surface area (Å²) in [6.45, 7) is 2.44. The lowest BCUT2D eigenvalue weighted by molar-refractivity contribution is -0.131. The molecule has 2 fully saturated rings. The van der Waals surface area contributed by atoms with Crippen molar-refractivity contribution in [2.24, 2.45) is 0 Å². The van der Waals surface area contributed by atoms with Crippen molar-refractivity contribution in [3.63, 3.8) is 0 Å². The van der Waals surface area contributed by atoms with Gasteiger partial charge in [0.15, 0.2) is 9.84 Å². The van der Waals surface area contributed by atoms with Crippen LogP contribution in [-0.2, 0) is 21.2 Å².